The molecule has 0 amide bonds. The van der Waals surface area contributed by atoms with E-state index < -0.39 is 18.5 Å². The summed E-state index contributed by atoms with van der Waals surface area (Å²) in [6.45, 7) is 15.4. The second-order valence-electron chi connectivity index (χ2n) is 8.74. The number of hydrogen-bond donors (Lipinski definition) is 0. The quantitative estimate of drug-likeness (QED) is 0.617. The van der Waals surface area contributed by atoms with Gasteiger partial charge >= 0.3 is 11.9 Å². The zero-order valence-electron chi connectivity index (χ0n) is 19.0. The van der Waals surface area contributed by atoms with Gasteiger partial charge in [-0.25, -0.2) is 0 Å². The van der Waals surface area contributed by atoms with Gasteiger partial charge in [0, 0.05) is 19.8 Å². The molecule has 2 saturated heterocycles. The zero-order valence-corrected chi connectivity index (χ0v) is 19.0. The molecule has 2 aliphatic rings. The van der Waals surface area contributed by atoms with Crippen molar-refractivity contribution in [1.82, 2.24) is 0 Å². The van der Waals surface area contributed by atoms with Crippen molar-refractivity contribution in [1.29, 1.82) is 0 Å². The predicted octanol–water partition coefficient (Wildman–Crippen LogP) is 3.33. The third-order valence-electron chi connectivity index (χ3n) is 6.80. The van der Waals surface area contributed by atoms with E-state index in [1.165, 1.54) is 13.8 Å². The van der Waals surface area contributed by atoms with Crippen LogP contribution in [0.15, 0.2) is 0 Å². The molecule has 29 heavy (non-hydrogen) atoms. The van der Waals surface area contributed by atoms with Gasteiger partial charge in [-0.2, -0.15) is 0 Å². The SMILES string of the molecule is CCC1O[C@@H](O[C@@H]2C(COC(C)=O)O[C@@H](C)C(C)[C@H]2C)C(OC(C)=O)[C@@H](C)[C@@H]1C. The molecule has 2 heterocycles. The maximum Gasteiger partial charge on any atom is 0.303 e. The van der Waals surface area contributed by atoms with Crippen LogP contribution in [0, 0.1) is 23.7 Å². The standard InChI is InChI=1S/C22H38O7/c1-9-18-12(3)14(5)21(27-17(8)24)22(28-18)29-20-13(4)11(2)15(6)26-19(20)10-25-16(7)23/h11-15,18-22H,9-10H2,1-8H3/t11?,12-,13+,14-,15-,18?,19?,20-,21?,22-/m0/s1. The molecule has 2 fully saturated rings. The van der Waals surface area contributed by atoms with E-state index in [2.05, 4.69) is 34.6 Å². The Kier molecular flexibility index (Phi) is 8.49. The number of ether oxygens (including phenoxy) is 5. The molecule has 4 unspecified atom stereocenters. The van der Waals surface area contributed by atoms with Gasteiger partial charge in [-0.1, -0.05) is 34.6 Å². The van der Waals surface area contributed by atoms with E-state index >= 15 is 0 Å². The van der Waals surface area contributed by atoms with Crippen molar-refractivity contribution in [2.75, 3.05) is 6.61 Å². The minimum atomic E-state index is -0.688. The lowest BCUT2D eigenvalue weighted by Crippen LogP contribution is -2.57. The van der Waals surface area contributed by atoms with E-state index in [1.54, 1.807) is 0 Å². The summed E-state index contributed by atoms with van der Waals surface area (Å²) in [5, 5.41) is 0. The van der Waals surface area contributed by atoms with Gasteiger partial charge in [0.25, 0.3) is 0 Å². The van der Waals surface area contributed by atoms with E-state index in [-0.39, 0.29) is 60.5 Å². The van der Waals surface area contributed by atoms with Crippen molar-refractivity contribution in [3.8, 4) is 0 Å². The molecule has 2 aliphatic heterocycles. The van der Waals surface area contributed by atoms with Crippen LogP contribution in [0.2, 0.25) is 0 Å². The Morgan fingerprint density at radius 3 is 1.97 bits per heavy atom. The number of hydrogen-bond acceptors (Lipinski definition) is 7. The molecule has 10 atom stereocenters. The Labute approximate surface area is 174 Å². The summed E-state index contributed by atoms with van der Waals surface area (Å²) >= 11 is 0. The zero-order chi connectivity index (χ0) is 21.9. The van der Waals surface area contributed by atoms with Crippen molar-refractivity contribution >= 4 is 11.9 Å². The molecule has 0 aromatic carbocycles. The lowest BCUT2D eigenvalue weighted by Gasteiger charge is -2.48. The van der Waals surface area contributed by atoms with E-state index in [0.717, 1.165) is 6.42 Å². The minimum absolute atomic E-state index is 0.0179. The number of esters is 2. The van der Waals surface area contributed by atoms with Crippen LogP contribution >= 0.6 is 0 Å². The van der Waals surface area contributed by atoms with Gasteiger partial charge in [-0.15, -0.1) is 0 Å². The largest absolute Gasteiger partial charge is 0.463 e. The van der Waals surface area contributed by atoms with Crippen molar-refractivity contribution in [3.63, 3.8) is 0 Å². The molecule has 7 heteroatoms. The monoisotopic (exact) mass is 414 g/mol. The summed E-state index contributed by atoms with van der Waals surface area (Å²) in [7, 11) is 0. The van der Waals surface area contributed by atoms with Crippen LogP contribution in [-0.2, 0) is 33.3 Å². The highest BCUT2D eigenvalue weighted by atomic mass is 16.7. The lowest BCUT2D eigenvalue weighted by molar-refractivity contribution is -0.316. The Hall–Kier alpha value is -1.18. The first kappa shape index (κ1) is 24.1. The average Bonchev–Trinajstić information content (AvgIpc) is 2.65. The smallest absolute Gasteiger partial charge is 0.303 e. The molecule has 0 radical (unpaired) electrons. The Bertz CT molecular complexity index is 565. The fraction of sp³-hybridized carbons (Fsp3) is 0.909. The van der Waals surface area contributed by atoms with Crippen molar-refractivity contribution < 1.29 is 33.3 Å². The minimum Gasteiger partial charge on any atom is -0.463 e. The van der Waals surface area contributed by atoms with Gasteiger partial charge in [-0.05, 0) is 31.1 Å². The molecule has 0 aromatic rings. The third kappa shape index (κ3) is 5.70. The second kappa shape index (κ2) is 10.2. The van der Waals surface area contributed by atoms with E-state index in [1.807, 2.05) is 6.92 Å². The number of rotatable bonds is 6. The van der Waals surface area contributed by atoms with E-state index in [4.69, 9.17) is 23.7 Å². The Morgan fingerprint density at radius 2 is 1.41 bits per heavy atom. The summed E-state index contributed by atoms with van der Waals surface area (Å²) in [5.41, 5.74) is 0. The van der Waals surface area contributed by atoms with Crippen LogP contribution in [0.4, 0.5) is 0 Å². The van der Waals surface area contributed by atoms with E-state index in [0.29, 0.717) is 0 Å². The van der Waals surface area contributed by atoms with E-state index in [9.17, 15) is 9.59 Å². The van der Waals surface area contributed by atoms with Crippen molar-refractivity contribution in [3.05, 3.63) is 0 Å². The first-order valence-corrected chi connectivity index (χ1v) is 10.8. The van der Waals surface area contributed by atoms with Gasteiger partial charge in [0.2, 0.25) is 0 Å². The molecular weight excluding hydrogens is 376 g/mol. The van der Waals surface area contributed by atoms with Crippen LogP contribution in [0.5, 0.6) is 0 Å². The van der Waals surface area contributed by atoms with Gasteiger partial charge in [0.15, 0.2) is 12.4 Å². The number of carbonyl (C=O) groups is 2. The Morgan fingerprint density at radius 1 is 0.793 bits per heavy atom. The molecule has 0 bridgehead atoms. The van der Waals surface area contributed by atoms with Crippen molar-refractivity contribution in [2.45, 2.75) is 98.6 Å². The summed E-state index contributed by atoms with van der Waals surface area (Å²) < 4.78 is 29.7. The molecule has 0 saturated carbocycles. The molecule has 0 spiro atoms. The maximum atomic E-state index is 11.7. The van der Waals surface area contributed by atoms with Crippen molar-refractivity contribution in [2.24, 2.45) is 23.7 Å². The highest BCUT2D eigenvalue weighted by Gasteiger charge is 2.48. The highest BCUT2D eigenvalue weighted by Crippen LogP contribution is 2.39. The summed E-state index contributed by atoms with van der Waals surface area (Å²) in [5.74, 6) is 0.0167. The van der Waals surface area contributed by atoms with Crippen LogP contribution in [0.3, 0.4) is 0 Å². The van der Waals surface area contributed by atoms with Gasteiger partial charge < -0.3 is 23.7 Å². The summed E-state index contributed by atoms with van der Waals surface area (Å²) in [4.78, 5) is 23.1. The molecule has 168 valence electrons. The van der Waals surface area contributed by atoms with Crippen LogP contribution in [0.1, 0.15) is 61.8 Å². The molecular formula is C22H38O7. The molecule has 0 aliphatic carbocycles. The van der Waals surface area contributed by atoms with Gasteiger partial charge in [0.05, 0.1) is 18.3 Å². The highest BCUT2D eigenvalue weighted by molar-refractivity contribution is 5.66. The maximum absolute atomic E-state index is 11.7. The average molecular weight is 415 g/mol. The number of carbonyl (C=O) groups excluding carboxylic acids is 2. The predicted molar refractivity (Wildman–Crippen MR) is 107 cm³/mol. The molecule has 2 rings (SSSR count). The van der Waals surface area contributed by atoms with Crippen LogP contribution in [0.25, 0.3) is 0 Å². The first-order valence-electron chi connectivity index (χ1n) is 10.8. The molecule has 0 aromatic heterocycles. The Balaban J connectivity index is 2.25. The topological polar surface area (TPSA) is 80.3 Å². The third-order valence-corrected chi connectivity index (χ3v) is 6.80. The first-order chi connectivity index (χ1) is 13.6. The van der Waals surface area contributed by atoms with Crippen LogP contribution in [-0.4, -0.2) is 55.4 Å². The molecule has 0 N–H and O–H groups in total. The fourth-order valence-corrected chi connectivity index (χ4v) is 4.43. The van der Waals surface area contributed by atoms with Gasteiger partial charge in [-0.3, -0.25) is 9.59 Å². The van der Waals surface area contributed by atoms with Crippen LogP contribution < -0.4 is 0 Å². The van der Waals surface area contributed by atoms with Gasteiger partial charge in [0.1, 0.15) is 12.7 Å². The second-order valence-corrected chi connectivity index (χ2v) is 8.74. The summed E-state index contributed by atoms with van der Waals surface area (Å²) in [6, 6.07) is 0. The normalized spacial score (nSPS) is 42.9. The fourth-order valence-electron chi connectivity index (χ4n) is 4.43. The molecule has 7 nitrogen and oxygen atoms in total. The lowest BCUT2D eigenvalue weighted by atomic mass is 9.81. The summed E-state index contributed by atoms with van der Waals surface area (Å²) in [6.07, 6.45) is -1.06.